The smallest absolute Gasteiger partial charge is 0.243 e. The number of nitrogens with zero attached hydrogens (tertiary/aromatic N) is 1. The van der Waals surface area contributed by atoms with E-state index in [4.69, 9.17) is 4.74 Å². The lowest BCUT2D eigenvalue weighted by atomic mass is 10.3. The monoisotopic (exact) mass is 368 g/mol. The molecule has 0 saturated heterocycles. The highest BCUT2D eigenvalue weighted by molar-refractivity contribution is 7.89. The van der Waals surface area contributed by atoms with Crippen LogP contribution < -0.4 is 5.32 Å². The van der Waals surface area contributed by atoms with Gasteiger partial charge in [0.1, 0.15) is 0 Å². The van der Waals surface area contributed by atoms with Gasteiger partial charge < -0.3 is 10.1 Å². The molecule has 1 N–H and O–H groups in total. The van der Waals surface area contributed by atoms with Crippen LogP contribution in [0.3, 0.4) is 0 Å². The first kappa shape index (κ1) is 18.6. The molecule has 0 spiro atoms. The maximum atomic E-state index is 12.9. The molecule has 0 unspecified atom stereocenters. The second-order valence-electron chi connectivity index (χ2n) is 5.17. The van der Waals surface area contributed by atoms with Gasteiger partial charge in [-0.2, -0.15) is 15.6 Å². The van der Waals surface area contributed by atoms with E-state index in [0.29, 0.717) is 18.8 Å². The fourth-order valence-electron chi connectivity index (χ4n) is 2.13. The second-order valence-corrected chi connectivity index (χ2v) is 7.89. The van der Waals surface area contributed by atoms with Crippen molar-refractivity contribution in [1.82, 2.24) is 4.31 Å². The highest BCUT2D eigenvalue weighted by Gasteiger charge is 2.24. The van der Waals surface area contributed by atoms with E-state index in [-0.39, 0.29) is 17.3 Å². The summed E-state index contributed by atoms with van der Waals surface area (Å²) in [5, 5.41) is 6.46. The van der Waals surface area contributed by atoms with E-state index in [1.165, 1.54) is 41.8 Å². The van der Waals surface area contributed by atoms with Crippen LogP contribution in [0.4, 0.5) is 5.69 Å². The van der Waals surface area contributed by atoms with Gasteiger partial charge in [-0.25, -0.2) is 8.42 Å². The maximum absolute atomic E-state index is 12.9. The summed E-state index contributed by atoms with van der Waals surface area (Å²) in [5.41, 5.74) is 1.50. The van der Waals surface area contributed by atoms with Gasteiger partial charge in [-0.15, -0.1) is 0 Å². The molecular formula is C16H20N2O4S2. The van der Waals surface area contributed by atoms with E-state index >= 15 is 0 Å². The van der Waals surface area contributed by atoms with Gasteiger partial charge in [-0.1, -0.05) is 0 Å². The molecule has 0 aliphatic carbocycles. The first-order valence-corrected chi connectivity index (χ1v) is 9.69. The Bertz CT molecular complexity index is 756. The third-order valence-electron chi connectivity index (χ3n) is 3.30. The van der Waals surface area contributed by atoms with Crippen LogP contribution in [0.15, 0.2) is 46.0 Å². The van der Waals surface area contributed by atoms with E-state index < -0.39 is 10.0 Å². The van der Waals surface area contributed by atoms with Gasteiger partial charge in [0.05, 0.1) is 11.5 Å². The van der Waals surface area contributed by atoms with E-state index in [9.17, 15) is 13.2 Å². The standard InChI is InChI=1S/C16H20N2O4S2/c1-13(19)17-15-3-5-16(6-4-15)24(20,21)18(8-9-22-2)11-14-7-10-23-12-14/h3-7,10,12H,8-9,11H2,1-2H3,(H,17,19). The van der Waals surface area contributed by atoms with Crippen molar-refractivity contribution in [2.75, 3.05) is 25.6 Å². The third kappa shape index (κ3) is 4.88. The number of methoxy groups -OCH3 is 1. The molecule has 0 radical (unpaired) electrons. The van der Waals surface area contributed by atoms with Crippen LogP contribution >= 0.6 is 11.3 Å². The number of sulfonamides is 1. The van der Waals surface area contributed by atoms with Crippen molar-refractivity contribution in [1.29, 1.82) is 0 Å². The zero-order valence-electron chi connectivity index (χ0n) is 13.6. The Morgan fingerprint density at radius 3 is 2.50 bits per heavy atom. The summed E-state index contributed by atoms with van der Waals surface area (Å²) >= 11 is 1.53. The summed E-state index contributed by atoms with van der Waals surface area (Å²) in [5.74, 6) is -0.204. The number of anilines is 1. The van der Waals surface area contributed by atoms with E-state index in [1.54, 1.807) is 12.1 Å². The van der Waals surface area contributed by atoms with Gasteiger partial charge >= 0.3 is 0 Å². The van der Waals surface area contributed by atoms with Gasteiger partial charge in [0, 0.05) is 32.8 Å². The Labute approximate surface area is 146 Å². The SMILES string of the molecule is COCCN(Cc1ccsc1)S(=O)(=O)c1ccc(NC(C)=O)cc1. The minimum absolute atomic E-state index is 0.183. The summed E-state index contributed by atoms with van der Waals surface area (Å²) in [6.45, 7) is 2.27. The van der Waals surface area contributed by atoms with E-state index in [1.807, 2.05) is 16.8 Å². The molecule has 1 heterocycles. The Kier molecular flexibility index (Phi) is 6.50. The molecule has 130 valence electrons. The lowest BCUT2D eigenvalue weighted by Gasteiger charge is -2.21. The van der Waals surface area contributed by atoms with Gasteiger partial charge in [-0.3, -0.25) is 4.79 Å². The first-order chi connectivity index (χ1) is 11.4. The number of nitrogens with one attached hydrogen (secondary N) is 1. The van der Waals surface area contributed by atoms with Crippen molar-refractivity contribution in [3.63, 3.8) is 0 Å². The Balaban J connectivity index is 2.23. The average molecular weight is 368 g/mol. The summed E-state index contributed by atoms with van der Waals surface area (Å²) in [6.07, 6.45) is 0. The highest BCUT2D eigenvalue weighted by atomic mass is 32.2. The molecule has 0 aliphatic heterocycles. The quantitative estimate of drug-likeness (QED) is 0.777. The molecule has 8 heteroatoms. The molecule has 1 amide bonds. The molecule has 2 rings (SSSR count). The van der Waals surface area contributed by atoms with Crippen molar-refractivity contribution in [3.05, 3.63) is 46.7 Å². The van der Waals surface area contributed by atoms with Crippen molar-refractivity contribution in [2.24, 2.45) is 0 Å². The molecule has 0 fully saturated rings. The van der Waals surface area contributed by atoms with Gasteiger partial charge in [0.2, 0.25) is 15.9 Å². The molecule has 6 nitrogen and oxygen atoms in total. The van der Waals surface area contributed by atoms with Crippen LogP contribution in [0.5, 0.6) is 0 Å². The molecule has 0 bridgehead atoms. The van der Waals surface area contributed by atoms with Gasteiger partial charge in [0.25, 0.3) is 0 Å². The van der Waals surface area contributed by atoms with E-state index in [0.717, 1.165) is 5.56 Å². The van der Waals surface area contributed by atoms with Gasteiger partial charge in [-0.05, 0) is 46.7 Å². The lowest BCUT2D eigenvalue weighted by Crippen LogP contribution is -2.33. The fraction of sp³-hybridized carbons (Fsp3) is 0.312. The average Bonchev–Trinajstić information content (AvgIpc) is 3.04. The molecule has 0 atom stereocenters. The minimum atomic E-state index is -3.65. The predicted molar refractivity (Wildman–Crippen MR) is 94.5 cm³/mol. The Hall–Kier alpha value is -1.74. The zero-order chi connectivity index (χ0) is 17.6. The number of hydrogen-bond acceptors (Lipinski definition) is 5. The number of thiophene rings is 1. The summed E-state index contributed by atoms with van der Waals surface area (Å²) < 4.78 is 32.2. The topological polar surface area (TPSA) is 75.7 Å². The molecule has 1 aromatic heterocycles. The van der Waals surface area contributed by atoms with Crippen molar-refractivity contribution < 1.29 is 17.9 Å². The zero-order valence-corrected chi connectivity index (χ0v) is 15.2. The first-order valence-electron chi connectivity index (χ1n) is 7.31. The number of benzene rings is 1. The van der Waals surface area contributed by atoms with Gasteiger partial charge in [0.15, 0.2) is 0 Å². The molecule has 0 aliphatic rings. The van der Waals surface area contributed by atoms with Crippen molar-refractivity contribution in [3.8, 4) is 0 Å². The van der Waals surface area contributed by atoms with Crippen LogP contribution in [0.2, 0.25) is 0 Å². The predicted octanol–water partition coefficient (Wildman–Crippen LogP) is 2.54. The third-order valence-corrected chi connectivity index (χ3v) is 5.89. The fourth-order valence-corrected chi connectivity index (χ4v) is 4.20. The number of rotatable bonds is 8. The molecule has 2 aromatic rings. The molecule has 24 heavy (non-hydrogen) atoms. The number of carbonyl (C=O) groups is 1. The molecule has 1 aromatic carbocycles. The van der Waals surface area contributed by atoms with Crippen LogP contribution in [-0.2, 0) is 26.1 Å². The number of amides is 1. The Morgan fingerprint density at radius 2 is 1.96 bits per heavy atom. The lowest BCUT2D eigenvalue weighted by molar-refractivity contribution is -0.114. The second kappa shape index (κ2) is 8.39. The van der Waals surface area contributed by atoms with Crippen molar-refractivity contribution in [2.45, 2.75) is 18.4 Å². The summed E-state index contributed by atoms with van der Waals surface area (Å²) in [6, 6.07) is 8.04. The number of ether oxygens (including phenoxy) is 1. The highest BCUT2D eigenvalue weighted by Crippen LogP contribution is 2.21. The summed E-state index contributed by atoms with van der Waals surface area (Å²) in [7, 11) is -2.11. The normalized spacial score (nSPS) is 11.6. The number of carbonyl (C=O) groups excluding carboxylic acids is 1. The van der Waals surface area contributed by atoms with Crippen LogP contribution in [0.1, 0.15) is 12.5 Å². The maximum Gasteiger partial charge on any atom is 0.243 e. The van der Waals surface area contributed by atoms with Crippen LogP contribution in [-0.4, -0.2) is 38.9 Å². The summed E-state index contributed by atoms with van der Waals surface area (Å²) in [4.78, 5) is 11.2. The Morgan fingerprint density at radius 1 is 1.25 bits per heavy atom. The van der Waals surface area contributed by atoms with Crippen molar-refractivity contribution >= 4 is 33.0 Å². The van der Waals surface area contributed by atoms with E-state index in [2.05, 4.69) is 5.32 Å². The van der Waals surface area contributed by atoms with Crippen LogP contribution in [0.25, 0.3) is 0 Å². The van der Waals surface area contributed by atoms with Crippen LogP contribution in [0, 0.1) is 0 Å². The molecule has 0 saturated carbocycles. The molecular weight excluding hydrogens is 348 g/mol. The minimum Gasteiger partial charge on any atom is -0.383 e. The largest absolute Gasteiger partial charge is 0.383 e. The number of hydrogen-bond donors (Lipinski definition) is 1.